The summed E-state index contributed by atoms with van der Waals surface area (Å²) in [6, 6.07) is -0.627. The Balaban J connectivity index is 2.21. The lowest BCUT2D eigenvalue weighted by Gasteiger charge is -2.34. The Bertz CT molecular complexity index is 452. The molecule has 104 valence electrons. The van der Waals surface area contributed by atoms with E-state index in [9.17, 15) is 9.90 Å². The summed E-state index contributed by atoms with van der Waals surface area (Å²) in [5.41, 5.74) is 0. The summed E-state index contributed by atoms with van der Waals surface area (Å²) in [6.45, 7) is 5.50. The number of nitrogens with one attached hydrogen (secondary N) is 1. The van der Waals surface area contributed by atoms with Gasteiger partial charge in [-0.2, -0.15) is 4.98 Å². The van der Waals surface area contributed by atoms with Crippen molar-refractivity contribution in [3.8, 4) is 5.88 Å². The predicted octanol–water partition coefficient (Wildman–Crippen LogP) is 0.127. The number of aliphatic carboxylic acids is 1. The van der Waals surface area contributed by atoms with Gasteiger partial charge in [-0.05, 0) is 13.8 Å². The number of nitrogens with zero attached hydrogens (tertiary/aromatic N) is 3. The summed E-state index contributed by atoms with van der Waals surface area (Å²) in [6.07, 6.45) is 3.10. The van der Waals surface area contributed by atoms with Crippen molar-refractivity contribution >= 4 is 11.8 Å². The molecule has 19 heavy (non-hydrogen) atoms. The normalized spacial score (nSPS) is 19.5. The van der Waals surface area contributed by atoms with Crippen molar-refractivity contribution in [2.45, 2.75) is 26.0 Å². The van der Waals surface area contributed by atoms with Crippen molar-refractivity contribution < 1.29 is 14.6 Å². The Labute approximate surface area is 111 Å². The molecule has 2 rings (SSSR count). The zero-order valence-corrected chi connectivity index (χ0v) is 11.0. The third-order valence-corrected chi connectivity index (χ3v) is 2.78. The molecule has 0 bridgehead atoms. The second-order valence-corrected chi connectivity index (χ2v) is 4.63. The SMILES string of the molecule is CC(C)Oc1cncc(N2CCNCC2C(=O)O)n1. The first-order valence-corrected chi connectivity index (χ1v) is 6.27. The molecule has 0 spiro atoms. The Kier molecular flexibility index (Phi) is 4.16. The molecule has 0 radical (unpaired) electrons. The van der Waals surface area contributed by atoms with Gasteiger partial charge in [0.25, 0.3) is 0 Å². The molecular weight excluding hydrogens is 248 g/mol. The summed E-state index contributed by atoms with van der Waals surface area (Å²) in [5.74, 6) is 0.0754. The van der Waals surface area contributed by atoms with Crippen LogP contribution in [0.25, 0.3) is 0 Å². The van der Waals surface area contributed by atoms with Crippen LogP contribution in [0.4, 0.5) is 5.82 Å². The van der Waals surface area contributed by atoms with Crippen molar-refractivity contribution in [1.29, 1.82) is 0 Å². The first kappa shape index (κ1) is 13.5. The van der Waals surface area contributed by atoms with E-state index in [4.69, 9.17) is 4.74 Å². The fourth-order valence-electron chi connectivity index (χ4n) is 1.97. The molecule has 1 aliphatic heterocycles. The van der Waals surface area contributed by atoms with E-state index in [1.165, 1.54) is 6.20 Å². The highest BCUT2D eigenvalue weighted by molar-refractivity contribution is 5.78. The number of carboxylic acid groups (broad SMARTS) is 1. The fraction of sp³-hybridized carbons (Fsp3) is 0.583. The Morgan fingerprint density at radius 1 is 1.58 bits per heavy atom. The zero-order chi connectivity index (χ0) is 13.8. The van der Waals surface area contributed by atoms with Crippen LogP contribution >= 0.6 is 0 Å². The third kappa shape index (κ3) is 3.31. The summed E-state index contributed by atoms with van der Waals surface area (Å²) in [7, 11) is 0. The molecule has 2 N–H and O–H groups in total. The van der Waals surface area contributed by atoms with Gasteiger partial charge in [0.2, 0.25) is 5.88 Å². The number of ether oxygens (including phenoxy) is 1. The van der Waals surface area contributed by atoms with Crippen LogP contribution in [0.15, 0.2) is 12.4 Å². The molecule has 1 aromatic heterocycles. The Hall–Kier alpha value is -1.89. The highest BCUT2D eigenvalue weighted by Gasteiger charge is 2.29. The number of piperazine rings is 1. The van der Waals surface area contributed by atoms with E-state index in [1.54, 1.807) is 11.1 Å². The second-order valence-electron chi connectivity index (χ2n) is 4.63. The summed E-state index contributed by atoms with van der Waals surface area (Å²) < 4.78 is 5.48. The fourth-order valence-corrected chi connectivity index (χ4v) is 1.97. The van der Waals surface area contributed by atoms with Gasteiger partial charge in [0.15, 0.2) is 5.82 Å². The molecule has 1 unspecified atom stereocenters. The maximum Gasteiger partial charge on any atom is 0.327 e. The number of aromatic nitrogens is 2. The molecule has 7 nitrogen and oxygen atoms in total. The van der Waals surface area contributed by atoms with E-state index in [1.807, 2.05) is 13.8 Å². The Morgan fingerprint density at radius 2 is 2.37 bits per heavy atom. The third-order valence-electron chi connectivity index (χ3n) is 2.78. The van der Waals surface area contributed by atoms with Crippen LogP contribution in [0.2, 0.25) is 0 Å². The minimum Gasteiger partial charge on any atom is -0.480 e. The molecule has 0 aromatic carbocycles. The molecular formula is C12H18N4O3. The van der Waals surface area contributed by atoms with Crippen LogP contribution in [0, 0.1) is 0 Å². The van der Waals surface area contributed by atoms with Gasteiger partial charge in [0.05, 0.1) is 18.5 Å². The number of anilines is 1. The van der Waals surface area contributed by atoms with Gasteiger partial charge >= 0.3 is 5.97 Å². The number of rotatable bonds is 4. The molecule has 1 saturated heterocycles. The van der Waals surface area contributed by atoms with Gasteiger partial charge < -0.3 is 20.1 Å². The summed E-state index contributed by atoms with van der Waals surface area (Å²) >= 11 is 0. The minimum absolute atomic E-state index is 0.00263. The minimum atomic E-state index is -0.871. The highest BCUT2D eigenvalue weighted by atomic mass is 16.5. The average Bonchev–Trinajstić information content (AvgIpc) is 2.38. The van der Waals surface area contributed by atoms with Crippen molar-refractivity contribution in [2.75, 3.05) is 24.5 Å². The maximum atomic E-state index is 11.2. The summed E-state index contributed by atoms with van der Waals surface area (Å²) in [5, 5.41) is 12.3. The lowest BCUT2D eigenvalue weighted by Crippen LogP contribution is -2.55. The smallest absolute Gasteiger partial charge is 0.327 e. The number of hydrogen-bond donors (Lipinski definition) is 2. The van der Waals surface area contributed by atoms with E-state index in [-0.39, 0.29) is 6.10 Å². The molecule has 0 amide bonds. The number of hydrogen-bond acceptors (Lipinski definition) is 6. The van der Waals surface area contributed by atoms with Crippen LogP contribution in [-0.2, 0) is 4.79 Å². The lowest BCUT2D eigenvalue weighted by atomic mass is 10.2. The van der Waals surface area contributed by atoms with Crippen LogP contribution in [0.5, 0.6) is 5.88 Å². The standard InChI is InChI=1S/C12H18N4O3/c1-8(2)19-11-7-14-6-10(15-11)16-4-3-13-5-9(16)12(17)18/h6-9,13H,3-5H2,1-2H3,(H,17,18). The number of carboxylic acids is 1. The quantitative estimate of drug-likeness (QED) is 0.800. The van der Waals surface area contributed by atoms with E-state index >= 15 is 0 Å². The monoisotopic (exact) mass is 266 g/mol. The van der Waals surface area contributed by atoms with Crippen LogP contribution in [0.1, 0.15) is 13.8 Å². The second kappa shape index (κ2) is 5.83. The molecule has 1 aliphatic rings. The molecule has 1 atom stereocenters. The molecule has 2 heterocycles. The lowest BCUT2D eigenvalue weighted by molar-refractivity contribution is -0.138. The van der Waals surface area contributed by atoms with Crippen molar-refractivity contribution in [2.24, 2.45) is 0 Å². The van der Waals surface area contributed by atoms with Crippen LogP contribution in [0.3, 0.4) is 0 Å². The van der Waals surface area contributed by atoms with Crippen molar-refractivity contribution in [1.82, 2.24) is 15.3 Å². The van der Waals surface area contributed by atoms with Crippen molar-refractivity contribution in [3.05, 3.63) is 12.4 Å². The average molecular weight is 266 g/mol. The largest absolute Gasteiger partial charge is 0.480 e. The predicted molar refractivity (Wildman–Crippen MR) is 69.4 cm³/mol. The molecule has 1 aromatic rings. The van der Waals surface area contributed by atoms with Gasteiger partial charge in [0, 0.05) is 19.6 Å². The van der Waals surface area contributed by atoms with Crippen LogP contribution < -0.4 is 15.0 Å². The van der Waals surface area contributed by atoms with Gasteiger partial charge in [-0.25, -0.2) is 4.79 Å². The molecule has 7 heteroatoms. The Morgan fingerprint density at radius 3 is 3.05 bits per heavy atom. The maximum absolute atomic E-state index is 11.2. The zero-order valence-electron chi connectivity index (χ0n) is 11.0. The molecule has 0 saturated carbocycles. The highest BCUT2D eigenvalue weighted by Crippen LogP contribution is 2.18. The van der Waals surface area contributed by atoms with Crippen molar-refractivity contribution in [3.63, 3.8) is 0 Å². The van der Waals surface area contributed by atoms with E-state index in [2.05, 4.69) is 15.3 Å². The van der Waals surface area contributed by atoms with Gasteiger partial charge in [-0.15, -0.1) is 0 Å². The topological polar surface area (TPSA) is 87.6 Å². The van der Waals surface area contributed by atoms with E-state index in [0.717, 1.165) is 6.54 Å². The van der Waals surface area contributed by atoms with Gasteiger partial charge in [-0.3, -0.25) is 4.98 Å². The van der Waals surface area contributed by atoms with Gasteiger partial charge in [-0.1, -0.05) is 0 Å². The molecule has 1 fully saturated rings. The first-order valence-electron chi connectivity index (χ1n) is 6.27. The van der Waals surface area contributed by atoms with Crippen LogP contribution in [-0.4, -0.2) is 52.8 Å². The first-order chi connectivity index (χ1) is 9.08. The van der Waals surface area contributed by atoms with Gasteiger partial charge in [0.1, 0.15) is 6.04 Å². The molecule has 0 aliphatic carbocycles. The van der Waals surface area contributed by atoms with E-state index in [0.29, 0.717) is 24.8 Å². The van der Waals surface area contributed by atoms with E-state index < -0.39 is 12.0 Å². The summed E-state index contributed by atoms with van der Waals surface area (Å²) in [4.78, 5) is 21.4. The number of carbonyl (C=O) groups is 1.